The predicted octanol–water partition coefficient (Wildman–Crippen LogP) is 4.00. The molecule has 0 amide bonds. The molecule has 0 saturated heterocycles. The van der Waals surface area contributed by atoms with Crippen LogP contribution >= 0.6 is 0 Å². The van der Waals surface area contributed by atoms with Gasteiger partial charge in [-0.15, -0.1) is 0 Å². The molecule has 0 bridgehead atoms. The lowest BCUT2D eigenvalue weighted by Gasteiger charge is -2.54. The van der Waals surface area contributed by atoms with E-state index in [0.717, 1.165) is 23.7 Å². The van der Waals surface area contributed by atoms with Crippen molar-refractivity contribution in [2.75, 3.05) is 6.61 Å². The maximum Gasteiger partial charge on any atom is 0.0487 e. The molecule has 0 aliphatic heterocycles. The number of aliphatic hydroxyl groups is 1. The van der Waals surface area contributed by atoms with Gasteiger partial charge in [0.25, 0.3) is 0 Å². The van der Waals surface area contributed by atoms with E-state index in [-0.39, 0.29) is 5.41 Å². The van der Waals surface area contributed by atoms with Gasteiger partial charge in [0.15, 0.2) is 0 Å². The van der Waals surface area contributed by atoms with Gasteiger partial charge in [0.05, 0.1) is 0 Å². The molecule has 0 spiro atoms. The van der Waals surface area contributed by atoms with Crippen LogP contribution in [0.25, 0.3) is 0 Å². The van der Waals surface area contributed by atoms with Crippen molar-refractivity contribution in [3.8, 4) is 0 Å². The highest BCUT2D eigenvalue weighted by Crippen LogP contribution is 2.56. The second-order valence-corrected chi connectivity index (χ2v) is 7.26. The summed E-state index contributed by atoms with van der Waals surface area (Å²) in [4.78, 5) is 0. The molecular weight excluding hydrogens is 208 g/mol. The molecule has 3 saturated carbocycles. The maximum absolute atomic E-state index is 9.79. The Morgan fingerprint density at radius 1 is 0.941 bits per heavy atom. The quantitative estimate of drug-likeness (QED) is 0.729. The minimum atomic E-state index is 0.255. The van der Waals surface area contributed by atoms with Crippen LogP contribution in [0.3, 0.4) is 0 Å². The summed E-state index contributed by atoms with van der Waals surface area (Å²) in [5, 5.41) is 9.79. The molecule has 98 valence electrons. The van der Waals surface area contributed by atoms with Crippen molar-refractivity contribution < 1.29 is 5.11 Å². The van der Waals surface area contributed by atoms with E-state index in [4.69, 9.17) is 0 Å². The van der Waals surface area contributed by atoms with Crippen molar-refractivity contribution in [3.05, 3.63) is 0 Å². The van der Waals surface area contributed by atoms with Gasteiger partial charge in [-0.05, 0) is 61.2 Å². The van der Waals surface area contributed by atoms with E-state index in [2.05, 4.69) is 6.92 Å². The molecular formula is C16H28O. The molecule has 5 unspecified atom stereocenters. The molecule has 0 radical (unpaired) electrons. The number of hydrogen-bond donors (Lipinski definition) is 1. The van der Waals surface area contributed by atoms with E-state index in [0.29, 0.717) is 6.61 Å². The summed E-state index contributed by atoms with van der Waals surface area (Å²) in [5.74, 6) is 3.86. The summed E-state index contributed by atoms with van der Waals surface area (Å²) in [7, 11) is 0. The van der Waals surface area contributed by atoms with Gasteiger partial charge in [0, 0.05) is 6.61 Å². The zero-order chi connectivity index (χ0) is 11.9. The fourth-order valence-corrected chi connectivity index (χ4v) is 5.47. The van der Waals surface area contributed by atoms with Crippen LogP contribution in [-0.2, 0) is 0 Å². The van der Waals surface area contributed by atoms with Crippen LogP contribution in [-0.4, -0.2) is 11.7 Å². The molecule has 3 fully saturated rings. The fourth-order valence-electron chi connectivity index (χ4n) is 5.47. The van der Waals surface area contributed by atoms with Gasteiger partial charge in [0.2, 0.25) is 0 Å². The Kier molecular flexibility index (Phi) is 3.23. The molecule has 3 aliphatic carbocycles. The van der Waals surface area contributed by atoms with E-state index in [1.807, 2.05) is 0 Å². The average molecular weight is 236 g/mol. The summed E-state index contributed by atoms with van der Waals surface area (Å²) < 4.78 is 0. The molecule has 0 heterocycles. The highest BCUT2D eigenvalue weighted by atomic mass is 16.3. The van der Waals surface area contributed by atoms with Crippen molar-refractivity contribution in [3.63, 3.8) is 0 Å². The SMILES string of the molecule is CC1(CO)CCCC2C3CCCCC3CCC21. The Hall–Kier alpha value is -0.0400. The highest BCUT2D eigenvalue weighted by molar-refractivity contribution is 4.98. The van der Waals surface area contributed by atoms with Gasteiger partial charge in [-0.3, -0.25) is 0 Å². The average Bonchev–Trinajstić information content (AvgIpc) is 2.39. The monoisotopic (exact) mass is 236 g/mol. The molecule has 3 aliphatic rings. The van der Waals surface area contributed by atoms with Crippen LogP contribution in [0.2, 0.25) is 0 Å². The Balaban J connectivity index is 1.81. The van der Waals surface area contributed by atoms with Crippen molar-refractivity contribution in [1.82, 2.24) is 0 Å². The van der Waals surface area contributed by atoms with E-state index in [1.54, 1.807) is 0 Å². The van der Waals surface area contributed by atoms with Crippen LogP contribution in [0.1, 0.15) is 64.7 Å². The molecule has 1 nitrogen and oxygen atoms in total. The fraction of sp³-hybridized carbons (Fsp3) is 1.00. The van der Waals surface area contributed by atoms with Crippen LogP contribution in [0.5, 0.6) is 0 Å². The van der Waals surface area contributed by atoms with Crippen molar-refractivity contribution in [1.29, 1.82) is 0 Å². The lowest BCUT2D eigenvalue weighted by molar-refractivity contribution is -0.0690. The van der Waals surface area contributed by atoms with Gasteiger partial charge >= 0.3 is 0 Å². The second-order valence-electron chi connectivity index (χ2n) is 7.26. The first-order chi connectivity index (χ1) is 8.24. The van der Waals surface area contributed by atoms with Crippen molar-refractivity contribution in [2.24, 2.45) is 29.1 Å². The Morgan fingerprint density at radius 2 is 1.71 bits per heavy atom. The van der Waals surface area contributed by atoms with Gasteiger partial charge < -0.3 is 5.11 Å². The minimum Gasteiger partial charge on any atom is -0.396 e. The zero-order valence-electron chi connectivity index (χ0n) is 11.3. The second kappa shape index (κ2) is 4.57. The predicted molar refractivity (Wildman–Crippen MR) is 70.7 cm³/mol. The maximum atomic E-state index is 9.79. The summed E-state index contributed by atoms with van der Waals surface area (Å²) in [6.45, 7) is 2.78. The topological polar surface area (TPSA) is 20.2 Å². The van der Waals surface area contributed by atoms with E-state index >= 15 is 0 Å². The Bertz CT molecular complexity index is 275. The summed E-state index contributed by atoms with van der Waals surface area (Å²) >= 11 is 0. The standard InChI is InChI=1S/C16H28O/c1-16(11-17)10-4-7-14-13-6-3-2-5-12(13)8-9-15(14)16/h12-15,17H,2-11H2,1H3. The summed E-state index contributed by atoms with van der Waals surface area (Å²) in [6.07, 6.45) is 12.9. The Labute approximate surface area is 106 Å². The van der Waals surface area contributed by atoms with Gasteiger partial charge in [-0.25, -0.2) is 0 Å². The molecule has 0 aromatic rings. The van der Waals surface area contributed by atoms with Crippen LogP contribution in [0.15, 0.2) is 0 Å². The number of fused-ring (bicyclic) bond motifs is 3. The smallest absolute Gasteiger partial charge is 0.0487 e. The summed E-state index contributed by atoms with van der Waals surface area (Å²) in [5.41, 5.74) is 0.255. The van der Waals surface area contributed by atoms with E-state index in [9.17, 15) is 5.11 Å². The number of aliphatic hydroxyl groups excluding tert-OH is 1. The highest BCUT2D eigenvalue weighted by Gasteiger charge is 2.48. The Morgan fingerprint density at radius 3 is 2.53 bits per heavy atom. The van der Waals surface area contributed by atoms with Gasteiger partial charge in [0.1, 0.15) is 0 Å². The molecule has 0 aromatic carbocycles. The van der Waals surface area contributed by atoms with E-state index in [1.165, 1.54) is 57.8 Å². The molecule has 3 rings (SSSR count). The molecule has 1 N–H and O–H groups in total. The first kappa shape index (κ1) is 12.0. The molecule has 1 heteroatoms. The van der Waals surface area contributed by atoms with Crippen LogP contribution < -0.4 is 0 Å². The lowest BCUT2D eigenvalue weighted by Crippen LogP contribution is -2.47. The number of hydrogen-bond acceptors (Lipinski definition) is 1. The molecule has 5 atom stereocenters. The largest absolute Gasteiger partial charge is 0.396 e. The number of rotatable bonds is 1. The van der Waals surface area contributed by atoms with Gasteiger partial charge in [-0.2, -0.15) is 0 Å². The van der Waals surface area contributed by atoms with E-state index < -0.39 is 0 Å². The summed E-state index contributed by atoms with van der Waals surface area (Å²) in [6, 6.07) is 0. The van der Waals surface area contributed by atoms with Crippen molar-refractivity contribution in [2.45, 2.75) is 64.7 Å². The first-order valence-electron chi connectivity index (χ1n) is 7.85. The van der Waals surface area contributed by atoms with Crippen LogP contribution in [0.4, 0.5) is 0 Å². The first-order valence-corrected chi connectivity index (χ1v) is 7.85. The van der Waals surface area contributed by atoms with Crippen LogP contribution in [0, 0.1) is 29.1 Å². The molecule has 0 aromatic heterocycles. The van der Waals surface area contributed by atoms with Crippen molar-refractivity contribution >= 4 is 0 Å². The molecule has 17 heavy (non-hydrogen) atoms. The third-order valence-electron chi connectivity index (χ3n) is 6.42. The normalized spacial score (nSPS) is 50.5. The zero-order valence-corrected chi connectivity index (χ0v) is 11.3. The van der Waals surface area contributed by atoms with Gasteiger partial charge in [-0.1, -0.05) is 32.6 Å². The minimum absolute atomic E-state index is 0.255. The third-order valence-corrected chi connectivity index (χ3v) is 6.42. The third kappa shape index (κ3) is 1.95. The lowest BCUT2D eigenvalue weighted by atomic mass is 9.51.